The van der Waals surface area contributed by atoms with Crippen molar-refractivity contribution in [2.45, 2.75) is 13.5 Å². The zero-order valence-corrected chi connectivity index (χ0v) is 18.0. The summed E-state index contributed by atoms with van der Waals surface area (Å²) < 4.78 is 25.3. The summed E-state index contributed by atoms with van der Waals surface area (Å²) in [4.78, 5) is 12.4. The molecule has 162 valence electrons. The molecule has 0 radical (unpaired) electrons. The van der Waals surface area contributed by atoms with Crippen molar-refractivity contribution in [3.63, 3.8) is 0 Å². The number of benzene rings is 3. The van der Waals surface area contributed by atoms with E-state index in [1.54, 1.807) is 30.3 Å². The zero-order valence-electron chi connectivity index (χ0n) is 17.3. The van der Waals surface area contributed by atoms with Crippen LogP contribution in [0.5, 0.6) is 11.5 Å². The van der Waals surface area contributed by atoms with Gasteiger partial charge in [0.1, 0.15) is 24.1 Å². The molecule has 0 aromatic heterocycles. The average molecular weight is 451 g/mol. The molecule has 0 saturated heterocycles. The minimum Gasteiger partial charge on any atom is -0.490 e. The Labute approximate surface area is 190 Å². The van der Waals surface area contributed by atoms with Gasteiger partial charge >= 0.3 is 0 Å². The van der Waals surface area contributed by atoms with Gasteiger partial charge in [-0.25, -0.2) is 4.39 Å². The predicted molar refractivity (Wildman–Crippen MR) is 122 cm³/mol. The predicted octanol–water partition coefficient (Wildman–Crippen LogP) is 6.00. The van der Waals surface area contributed by atoms with Crippen LogP contribution < -0.4 is 14.8 Å². The van der Waals surface area contributed by atoms with Gasteiger partial charge in [-0.15, -0.1) is 0 Å². The third-order valence-electron chi connectivity index (χ3n) is 4.35. The Morgan fingerprint density at radius 2 is 1.91 bits per heavy atom. The average Bonchev–Trinajstić information content (AvgIpc) is 2.78. The molecule has 0 aliphatic rings. The molecule has 3 aromatic rings. The lowest BCUT2D eigenvalue weighted by atomic mass is 10.1. The highest BCUT2D eigenvalue weighted by molar-refractivity contribution is 6.30. The molecule has 7 heteroatoms. The first-order valence-corrected chi connectivity index (χ1v) is 10.2. The second kappa shape index (κ2) is 11.0. The first kappa shape index (κ1) is 22.9. The Bertz CT molecular complexity index is 1190. The van der Waals surface area contributed by atoms with Gasteiger partial charge in [0, 0.05) is 5.02 Å². The maximum Gasteiger partial charge on any atom is 0.266 e. The number of amides is 1. The summed E-state index contributed by atoms with van der Waals surface area (Å²) >= 11 is 6.01. The molecule has 0 spiro atoms. The van der Waals surface area contributed by atoms with Gasteiger partial charge in [0.25, 0.3) is 5.91 Å². The fraction of sp³-hybridized carbons (Fsp3) is 0.120. The number of ether oxygens (including phenoxy) is 2. The standard InChI is InChI=1S/C25H20ClFN2O3/c1-2-31-24-14-17(10-11-23(24)32-16-18-6-5-7-20(26)13-18)12-19(15-28)25(30)29-22-9-4-3-8-21(22)27/h3-14H,2,16H2,1H3,(H,29,30)/b19-12+. The highest BCUT2D eigenvalue weighted by Crippen LogP contribution is 2.30. The van der Waals surface area contributed by atoms with Crippen LogP contribution in [0.15, 0.2) is 72.3 Å². The van der Waals surface area contributed by atoms with Crippen LogP contribution in [-0.2, 0) is 11.4 Å². The Balaban J connectivity index is 1.79. The van der Waals surface area contributed by atoms with Crippen LogP contribution in [0.3, 0.4) is 0 Å². The van der Waals surface area contributed by atoms with E-state index in [0.717, 1.165) is 5.56 Å². The number of hydrogen-bond acceptors (Lipinski definition) is 4. The van der Waals surface area contributed by atoms with E-state index >= 15 is 0 Å². The first-order chi connectivity index (χ1) is 15.5. The molecule has 3 aromatic carbocycles. The molecule has 1 N–H and O–H groups in total. The number of para-hydroxylation sites is 1. The maximum absolute atomic E-state index is 13.8. The third kappa shape index (κ3) is 6.10. The normalized spacial score (nSPS) is 10.9. The van der Waals surface area contributed by atoms with E-state index in [1.165, 1.54) is 24.3 Å². The minimum atomic E-state index is -0.711. The highest BCUT2D eigenvalue weighted by Gasteiger charge is 2.13. The monoisotopic (exact) mass is 450 g/mol. The van der Waals surface area contributed by atoms with E-state index in [-0.39, 0.29) is 11.3 Å². The minimum absolute atomic E-state index is 0.00146. The van der Waals surface area contributed by atoms with E-state index in [0.29, 0.717) is 35.3 Å². The molecule has 1 amide bonds. The van der Waals surface area contributed by atoms with Gasteiger partial charge in [0.15, 0.2) is 11.5 Å². The van der Waals surface area contributed by atoms with Gasteiger partial charge in [-0.1, -0.05) is 41.9 Å². The van der Waals surface area contributed by atoms with Gasteiger partial charge in [-0.05, 0) is 60.5 Å². The van der Waals surface area contributed by atoms with E-state index in [4.69, 9.17) is 21.1 Å². The largest absolute Gasteiger partial charge is 0.490 e. The van der Waals surface area contributed by atoms with E-state index in [9.17, 15) is 14.4 Å². The lowest BCUT2D eigenvalue weighted by Gasteiger charge is -2.13. The summed E-state index contributed by atoms with van der Waals surface area (Å²) in [5, 5.41) is 12.4. The molecule has 0 saturated carbocycles. The lowest BCUT2D eigenvalue weighted by molar-refractivity contribution is -0.112. The molecule has 0 fully saturated rings. The maximum atomic E-state index is 13.8. The Hall–Kier alpha value is -3.82. The van der Waals surface area contributed by atoms with Crippen LogP contribution in [0, 0.1) is 17.1 Å². The number of halogens is 2. The summed E-state index contributed by atoms with van der Waals surface area (Å²) in [6, 6.07) is 20.0. The second-order valence-electron chi connectivity index (χ2n) is 6.66. The van der Waals surface area contributed by atoms with Crippen LogP contribution in [0.2, 0.25) is 5.02 Å². The third-order valence-corrected chi connectivity index (χ3v) is 4.58. The van der Waals surface area contributed by atoms with Gasteiger partial charge < -0.3 is 14.8 Å². The molecule has 0 aliphatic carbocycles. The molecule has 5 nitrogen and oxygen atoms in total. The van der Waals surface area contributed by atoms with Gasteiger partial charge in [0.2, 0.25) is 0 Å². The number of nitrogens with one attached hydrogen (secondary N) is 1. The van der Waals surface area contributed by atoms with Crippen molar-refractivity contribution in [1.29, 1.82) is 5.26 Å². The van der Waals surface area contributed by atoms with Crippen LogP contribution in [0.25, 0.3) is 6.08 Å². The molecule has 3 rings (SSSR count). The number of rotatable bonds is 8. The molecule has 0 heterocycles. The van der Waals surface area contributed by atoms with Crippen molar-refractivity contribution in [3.05, 3.63) is 94.3 Å². The van der Waals surface area contributed by atoms with Crippen molar-refractivity contribution in [1.82, 2.24) is 0 Å². The summed E-state index contributed by atoms with van der Waals surface area (Å²) in [5.74, 6) is -0.316. The summed E-state index contributed by atoms with van der Waals surface area (Å²) in [5.41, 5.74) is 1.28. The van der Waals surface area contributed by atoms with Crippen molar-refractivity contribution < 1.29 is 18.7 Å². The summed E-state index contributed by atoms with van der Waals surface area (Å²) in [6.45, 7) is 2.54. The van der Waals surface area contributed by atoms with E-state index < -0.39 is 11.7 Å². The summed E-state index contributed by atoms with van der Waals surface area (Å²) in [7, 11) is 0. The van der Waals surface area contributed by atoms with Crippen LogP contribution in [0.4, 0.5) is 10.1 Å². The summed E-state index contributed by atoms with van der Waals surface area (Å²) in [6.07, 6.45) is 1.40. The number of anilines is 1. The van der Waals surface area contributed by atoms with E-state index in [2.05, 4.69) is 5.32 Å². The Morgan fingerprint density at radius 3 is 2.62 bits per heavy atom. The van der Waals surface area contributed by atoms with E-state index in [1.807, 2.05) is 31.2 Å². The molecule has 0 atom stereocenters. The highest BCUT2D eigenvalue weighted by atomic mass is 35.5. The SMILES string of the molecule is CCOc1cc(/C=C(\C#N)C(=O)Nc2ccccc2F)ccc1OCc1cccc(Cl)c1. The van der Waals surface area contributed by atoms with Crippen molar-refractivity contribution in [2.24, 2.45) is 0 Å². The molecular formula is C25H20ClFN2O3. The fourth-order valence-electron chi connectivity index (χ4n) is 2.86. The zero-order chi connectivity index (χ0) is 22.9. The number of carbonyl (C=O) groups excluding carboxylic acids is 1. The van der Waals surface area contributed by atoms with Crippen LogP contribution in [0.1, 0.15) is 18.1 Å². The molecule has 0 bridgehead atoms. The van der Waals surface area contributed by atoms with Crippen LogP contribution >= 0.6 is 11.6 Å². The number of nitriles is 1. The second-order valence-corrected chi connectivity index (χ2v) is 7.10. The molecule has 32 heavy (non-hydrogen) atoms. The number of carbonyl (C=O) groups is 1. The van der Waals surface area contributed by atoms with Crippen molar-refractivity contribution in [3.8, 4) is 17.6 Å². The van der Waals surface area contributed by atoms with Gasteiger partial charge in [0.05, 0.1) is 12.3 Å². The van der Waals surface area contributed by atoms with Crippen LogP contribution in [-0.4, -0.2) is 12.5 Å². The lowest BCUT2D eigenvalue weighted by Crippen LogP contribution is -2.14. The van der Waals surface area contributed by atoms with Crippen molar-refractivity contribution in [2.75, 3.05) is 11.9 Å². The Morgan fingerprint density at radius 1 is 1.09 bits per heavy atom. The first-order valence-electron chi connectivity index (χ1n) is 9.82. The molecule has 0 unspecified atom stereocenters. The van der Waals surface area contributed by atoms with Crippen molar-refractivity contribution >= 4 is 29.3 Å². The van der Waals surface area contributed by atoms with Gasteiger partial charge in [-0.2, -0.15) is 5.26 Å². The number of hydrogen-bond donors (Lipinski definition) is 1. The molecular weight excluding hydrogens is 431 g/mol. The molecule has 0 aliphatic heterocycles. The topological polar surface area (TPSA) is 71.3 Å². The quantitative estimate of drug-likeness (QED) is 0.337. The number of nitrogens with zero attached hydrogens (tertiary/aromatic N) is 1. The fourth-order valence-corrected chi connectivity index (χ4v) is 3.07. The van der Waals surface area contributed by atoms with Gasteiger partial charge in [-0.3, -0.25) is 4.79 Å². The Kier molecular flexibility index (Phi) is 7.85. The smallest absolute Gasteiger partial charge is 0.266 e.